The van der Waals surface area contributed by atoms with Crippen LogP contribution in [-0.4, -0.2) is 25.5 Å². The molecular formula is C18H19ClN2O3. The molecule has 2 N–H and O–H groups in total. The zero-order valence-corrected chi connectivity index (χ0v) is 14.3. The fourth-order valence-corrected chi connectivity index (χ4v) is 2.42. The summed E-state index contributed by atoms with van der Waals surface area (Å²) in [7, 11) is 1.29. The summed E-state index contributed by atoms with van der Waals surface area (Å²) in [5.74, 6) is -0.699. The van der Waals surface area contributed by atoms with E-state index in [0.29, 0.717) is 10.7 Å². The number of hydrogen-bond acceptors (Lipinski definition) is 4. The van der Waals surface area contributed by atoms with Crippen molar-refractivity contribution in [2.45, 2.75) is 13.3 Å². The van der Waals surface area contributed by atoms with Gasteiger partial charge in [0, 0.05) is 11.4 Å². The summed E-state index contributed by atoms with van der Waals surface area (Å²) in [4.78, 5) is 23.7. The molecule has 0 unspecified atom stereocenters. The Bertz CT molecular complexity index is 747. The van der Waals surface area contributed by atoms with Gasteiger partial charge in [-0.25, -0.2) is 4.79 Å². The van der Waals surface area contributed by atoms with Gasteiger partial charge in [0.05, 0.1) is 24.2 Å². The zero-order chi connectivity index (χ0) is 17.5. The van der Waals surface area contributed by atoms with Gasteiger partial charge in [0.1, 0.15) is 0 Å². The summed E-state index contributed by atoms with van der Waals surface area (Å²) in [5, 5.41) is 6.14. The minimum Gasteiger partial charge on any atom is -0.465 e. The zero-order valence-electron chi connectivity index (χ0n) is 13.6. The Morgan fingerprint density at radius 3 is 2.62 bits per heavy atom. The summed E-state index contributed by atoms with van der Waals surface area (Å²) >= 11 is 5.97. The molecule has 0 aromatic heterocycles. The van der Waals surface area contributed by atoms with Gasteiger partial charge in [0.25, 0.3) is 0 Å². The minimum atomic E-state index is -0.523. The topological polar surface area (TPSA) is 67.4 Å². The molecule has 126 valence electrons. The molecule has 0 spiro atoms. The number of benzene rings is 2. The molecule has 2 rings (SSSR count). The summed E-state index contributed by atoms with van der Waals surface area (Å²) in [5.41, 5.74) is 2.74. The highest BCUT2D eigenvalue weighted by Crippen LogP contribution is 2.21. The van der Waals surface area contributed by atoms with E-state index in [1.165, 1.54) is 7.11 Å². The Hall–Kier alpha value is -2.53. The van der Waals surface area contributed by atoms with Gasteiger partial charge in [0.2, 0.25) is 5.91 Å². The quantitative estimate of drug-likeness (QED) is 0.782. The fourth-order valence-electron chi connectivity index (χ4n) is 2.23. The summed E-state index contributed by atoms with van der Waals surface area (Å²) in [6.07, 6.45) is 0.837. The predicted molar refractivity (Wildman–Crippen MR) is 95.7 cm³/mol. The van der Waals surface area contributed by atoms with Crippen LogP contribution < -0.4 is 10.6 Å². The molecule has 2 aromatic carbocycles. The monoisotopic (exact) mass is 346 g/mol. The molecule has 5 nitrogen and oxygen atoms in total. The van der Waals surface area contributed by atoms with Crippen LogP contribution in [0.3, 0.4) is 0 Å². The molecule has 0 aliphatic heterocycles. The molecule has 0 aliphatic rings. The minimum absolute atomic E-state index is 0.0697. The van der Waals surface area contributed by atoms with Crippen LogP contribution in [-0.2, 0) is 16.0 Å². The second kappa shape index (κ2) is 8.36. The van der Waals surface area contributed by atoms with Crippen molar-refractivity contribution >= 4 is 34.9 Å². The molecule has 0 fully saturated rings. The lowest BCUT2D eigenvalue weighted by Gasteiger charge is -2.11. The Balaban J connectivity index is 2.00. The number of carbonyl (C=O) groups is 2. The number of anilines is 2. The highest BCUT2D eigenvalue weighted by Gasteiger charge is 2.12. The lowest BCUT2D eigenvalue weighted by atomic mass is 10.1. The predicted octanol–water partition coefficient (Wildman–Crippen LogP) is 3.74. The van der Waals surface area contributed by atoms with Crippen LogP contribution in [0.5, 0.6) is 0 Å². The maximum absolute atomic E-state index is 12.1. The molecule has 0 saturated heterocycles. The van der Waals surface area contributed by atoms with Gasteiger partial charge in [-0.15, -0.1) is 0 Å². The molecule has 1 amide bonds. The number of nitrogens with one attached hydrogen (secondary N) is 2. The Kier molecular flexibility index (Phi) is 6.21. The Labute approximate surface area is 146 Å². The van der Waals surface area contributed by atoms with Crippen LogP contribution in [0.1, 0.15) is 22.8 Å². The van der Waals surface area contributed by atoms with Crippen LogP contribution >= 0.6 is 11.6 Å². The van der Waals surface area contributed by atoms with Crippen molar-refractivity contribution in [2.24, 2.45) is 0 Å². The lowest BCUT2D eigenvalue weighted by molar-refractivity contribution is -0.114. The molecule has 2 aromatic rings. The fraction of sp³-hybridized carbons (Fsp3) is 0.222. The number of esters is 1. The highest BCUT2D eigenvalue weighted by atomic mass is 35.5. The van der Waals surface area contributed by atoms with E-state index in [4.69, 9.17) is 11.6 Å². The van der Waals surface area contributed by atoms with Gasteiger partial charge < -0.3 is 15.4 Å². The van der Waals surface area contributed by atoms with Crippen molar-refractivity contribution in [1.29, 1.82) is 0 Å². The number of methoxy groups -OCH3 is 1. The standard InChI is InChI=1S/C18H19ClN2O3/c1-3-12-6-4-5-7-16(12)21-17(22)11-20-13-8-9-15(19)14(10-13)18(23)24-2/h4-10,20H,3,11H2,1-2H3,(H,21,22). The number of halogens is 1. The average Bonchev–Trinajstić information content (AvgIpc) is 2.60. The summed E-state index contributed by atoms with van der Waals surface area (Å²) in [6.45, 7) is 2.10. The van der Waals surface area contributed by atoms with Gasteiger partial charge >= 0.3 is 5.97 Å². The molecule has 0 saturated carbocycles. The molecule has 0 radical (unpaired) electrons. The van der Waals surface area contributed by atoms with Crippen LogP contribution in [0.15, 0.2) is 42.5 Å². The first-order valence-corrected chi connectivity index (χ1v) is 7.92. The van der Waals surface area contributed by atoms with Gasteiger partial charge in [0.15, 0.2) is 0 Å². The van der Waals surface area contributed by atoms with Crippen LogP contribution in [0.25, 0.3) is 0 Å². The van der Waals surface area contributed by atoms with Gasteiger partial charge in [-0.3, -0.25) is 4.79 Å². The molecule has 6 heteroatoms. The van der Waals surface area contributed by atoms with Crippen molar-refractivity contribution in [1.82, 2.24) is 0 Å². The maximum atomic E-state index is 12.1. The smallest absolute Gasteiger partial charge is 0.339 e. The van der Waals surface area contributed by atoms with E-state index < -0.39 is 5.97 Å². The van der Waals surface area contributed by atoms with Crippen molar-refractivity contribution in [3.05, 3.63) is 58.6 Å². The van der Waals surface area contributed by atoms with Crippen LogP contribution in [0, 0.1) is 0 Å². The Morgan fingerprint density at radius 2 is 1.92 bits per heavy atom. The van der Waals surface area contributed by atoms with Gasteiger partial charge in [-0.05, 0) is 36.2 Å². The number of amides is 1. The SMILES string of the molecule is CCc1ccccc1NC(=O)CNc1ccc(Cl)c(C(=O)OC)c1. The number of hydrogen-bond donors (Lipinski definition) is 2. The van der Waals surface area contributed by atoms with E-state index in [-0.39, 0.29) is 18.0 Å². The van der Waals surface area contributed by atoms with Crippen molar-refractivity contribution in [3.8, 4) is 0 Å². The number of rotatable bonds is 6. The van der Waals surface area contributed by atoms with Crippen molar-refractivity contribution in [2.75, 3.05) is 24.3 Å². The molecular weight excluding hydrogens is 328 g/mol. The van der Waals surface area contributed by atoms with Gasteiger partial charge in [-0.2, -0.15) is 0 Å². The van der Waals surface area contributed by atoms with E-state index in [0.717, 1.165) is 17.7 Å². The Morgan fingerprint density at radius 1 is 1.17 bits per heavy atom. The van der Waals surface area contributed by atoms with Crippen molar-refractivity contribution < 1.29 is 14.3 Å². The molecule has 0 aliphatic carbocycles. The normalized spacial score (nSPS) is 10.1. The number of ether oxygens (including phenoxy) is 1. The highest BCUT2D eigenvalue weighted by molar-refractivity contribution is 6.33. The second-order valence-corrected chi connectivity index (χ2v) is 5.51. The molecule has 24 heavy (non-hydrogen) atoms. The van der Waals surface area contributed by atoms with E-state index in [9.17, 15) is 9.59 Å². The first-order chi connectivity index (χ1) is 11.5. The second-order valence-electron chi connectivity index (χ2n) is 5.10. The molecule has 0 bridgehead atoms. The third-order valence-electron chi connectivity index (χ3n) is 3.50. The van der Waals surface area contributed by atoms with E-state index >= 15 is 0 Å². The van der Waals surface area contributed by atoms with E-state index in [1.54, 1.807) is 18.2 Å². The average molecular weight is 347 g/mol. The first-order valence-electron chi connectivity index (χ1n) is 7.54. The van der Waals surface area contributed by atoms with E-state index in [2.05, 4.69) is 15.4 Å². The maximum Gasteiger partial charge on any atom is 0.339 e. The van der Waals surface area contributed by atoms with Crippen LogP contribution in [0.4, 0.5) is 11.4 Å². The third-order valence-corrected chi connectivity index (χ3v) is 3.83. The molecule has 0 atom stereocenters. The van der Waals surface area contributed by atoms with E-state index in [1.807, 2.05) is 31.2 Å². The van der Waals surface area contributed by atoms with Gasteiger partial charge in [-0.1, -0.05) is 36.7 Å². The third kappa shape index (κ3) is 4.49. The summed E-state index contributed by atoms with van der Waals surface area (Å²) < 4.78 is 4.67. The largest absolute Gasteiger partial charge is 0.465 e. The number of aryl methyl sites for hydroxylation is 1. The summed E-state index contributed by atoms with van der Waals surface area (Å²) in [6, 6.07) is 12.5. The molecule has 0 heterocycles. The van der Waals surface area contributed by atoms with Crippen molar-refractivity contribution in [3.63, 3.8) is 0 Å². The lowest BCUT2D eigenvalue weighted by Crippen LogP contribution is -2.22. The number of para-hydroxylation sites is 1. The van der Waals surface area contributed by atoms with Crippen LogP contribution in [0.2, 0.25) is 5.02 Å². The first kappa shape index (κ1) is 17.8. The number of carbonyl (C=O) groups excluding carboxylic acids is 2.